The van der Waals surface area contributed by atoms with Gasteiger partial charge in [0.1, 0.15) is 0 Å². The van der Waals surface area contributed by atoms with Crippen molar-refractivity contribution in [2.24, 2.45) is 17.6 Å². The first-order chi connectivity index (χ1) is 9.73. The summed E-state index contributed by atoms with van der Waals surface area (Å²) in [6.07, 6.45) is 8.65. The zero-order chi connectivity index (χ0) is 14.5. The monoisotopic (exact) mass is 277 g/mol. The first kappa shape index (κ1) is 15.6. The Morgan fingerprint density at radius 2 is 2.05 bits per heavy atom. The number of rotatable bonds is 6. The summed E-state index contributed by atoms with van der Waals surface area (Å²) in [4.78, 5) is 0. The molecule has 1 fully saturated rings. The zero-order valence-electron chi connectivity index (χ0n) is 13.4. The van der Waals surface area contributed by atoms with Crippen LogP contribution in [-0.4, -0.2) is 16.3 Å². The van der Waals surface area contributed by atoms with Crippen molar-refractivity contribution in [2.75, 3.05) is 6.54 Å². The normalized spacial score (nSPS) is 26.9. The molecule has 3 nitrogen and oxygen atoms in total. The van der Waals surface area contributed by atoms with E-state index in [0.717, 1.165) is 25.3 Å². The molecule has 3 atom stereocenters. The Morgan fingerprint density at radius 3 is 2.65 bits per heavy atom. The third-order valence-corrected chi connectivity index (χ3v) is 4.97. The van der Waals surface area contributed by atoms with Crippen LogP contribution in [0.1, 0.15) is 70.3 Å². The highest BCUT2D eigenvalue weighted by molar-refractivity contribution is 5.12. The van der Waals surface area contributed by atoms with Crippen LogP contribution < -0.4 is 5.73 Å². The van der Waals surface area contributed by atoms with Crippen LogP contribution in [0.25, 0.3) is 0 Å². The molecule has 0 radical (unpaired) electrons. The smallest absolute Gasteiger partial charge is 0.0624 e. The second-order valence-electron chi connectivity index (χ2n) is 6.31. The third kappa shape index (κ3) is 3.25. The molecule has 1 aromatic rings. The van der Waals surface area contributed by atoms with Crippen LogP contribution in [0.2, 0.25) is 0 Å². The van der Waals surface area contributed by atoms with Crippen LogP contribution in [0.5, 0.6) is 0 Å². The van der Waals surface area contributed by atoms with Gasteiger partial charge < -0.3 is 5.73 Å². The van der Waals surface area contributed by atoms with E-state index < -0.39 is 0 Å². The minimum absolute atomic E-state index is 0.528. The molecule has 3 unspecified atom stereocenters. The van der Waals surface area contributed by atoms with Gasteiger partial charge in [0.2, 0.25) is 0 Å². The van der Waals surface area contributed by atoms with Crippen LogP contribution in [0, 0.1) is 11.8 Å². The van der Waals surface area contributed by atoms with Crippen LogP contribution in [0.15, 0.2) is 6.07 Å². The van der Waals surface area contributed by atoms with Gasteiger partial charge in [-0.2, -0.15) is 5.10 Å². The molecule has 0 saturated heterocycles. The molecule has 1 heterocycles. The molecule has 114 valence electrons. The summed E-state index contributed by atoms with van der Waals surface area (Å²) in [5.41, 5.74) is 8.66. The second-order valence-corrected chi connectivity index (χ2v) is 6.31. The van der Waals surface area contributed by atoms with Crippen molar-refractivity contribution >= 4 is 0 Å². The number of nitrogens with zero attached hydrogens (tertiary/aromatic N) is 2. The molecule has 0 spiro atoms. The largest absolute Gasteiger partial charge is 0.330 e. The topological polar surface area (TPSA) is 43.8 Å². The van der Waals surface area contributed by atoms with E-state index in [1.807, 2.05) is 0 Å². The van der Waals surface area contributed by atoms with Crippen LogP contribution in [-0.2, 0) is 12.8 Å². The first-order valence-corrected chi connectivity index (χ1v) is 8.50. The van der Waals surface area contributed by atoms with Crippen molar-refractivity contribution in [1.82, 2.24) is 9.78 Å². The summed E-state index contributed by atoms with van der Waals surface area (Å²) in [5, 5.41) is 4.88. The summed E-state index contributed by atoms with van der Waals surface area (Å²) in [6.45, 7) is 7.52. The van der Waals surface area contributed by atoms with Gasteiger partial charge in [-0.05, 0) is 56.6 Å². The van der Waals surface area contributed by atoms with Gasteiger partial charge in [0.15, 0.2) is 0 Å². The lowest BCUT2D eigenvalue weighted by atomic mass is 9.76. The lowest BCUT2D eigenvalue weighted by Crippen LogP contribution is -2.33. The van der Waals surface area contributed by atoms with E-state index in [2.05, 4.69) is 31.5 Å². The number of aryl methyl sites for hydroxylation is 2. The highest BCUT2D eigenvalue weighted by Crippen LogP contribution is 2.39. The molecule has 0 amide bonds. The maximum atomic E-state index is 6.04. The maximum absolute atomic E-state index is 6.04. The van der Waals surface area contributed by atoms with Gasteiger partial charge in [0.05, 0.1) is 11.7 Å². The van der Waals surface area contributed by atoms with Crippen molar-refractivity contribution in [2.45, 2.75) is 71.8 Å². The van der Waals surface area contributed by atoms with Crippen molar-refractivity contribution in [3.05, 3.63) is 17.5 Å². The molecule has 20 heavy (non-hydrogen) atoms. The molecule has 2 N–H and O–H groups in total. The van der Waals surface area contributed by atoms with Crippen molar-refractivity contribution in [3.8, 4) is 0 Å². The molecular weight excluding hydrogens is 246 g/mol. The van der Waals surface area contributed by atoms with Gasteiger partial charge in [-0.3, -0.25) is 4.68 Å². The Morgan fingerprint density at radius 1 is 1.25 bits per heavy atom. The first-order valence-electron chi connectivity index (χ1n) is 8.50. The predicted molar refractivity (Wildman–Crippen MR) is 84.8 cm³/mol. The molecule has 1 aliphatic carbocycles. The lowest BCUT2D eigenvalue weighted by molar-refractivity contribution is 0.166. The molecule has 0 bridgehead atoms. The fraction of sp³-hybridized carbons (Fsp3) is 0.824. The van der Waals surface area contributed by atoms with Gasteiger partial charge in [0.25, 0.3) is 0 Å². The molecule has 0 aromatic carbocycles. The second kappa shape index (κ2) is 7.26. The predicted octanol–water partition coefficient (Wildman–Crippen LogP) is 3.72. The molecule has 1 aliphatic rings. The van der Waals surface area contributed by atoms with E-state index in [-0.39, 0.29) is 0 Å². The average Bonchev–Trinajstić information content (AvgIpc) is 2.90. The van der Waals surface area contributed by atoms with E-state index in [4.69, 9.17) is 10.8 Å². The minimum Gasteiger partial charge on any atom is -0.330 e. The van der Waals surface area contributed by atoms with Gasteiger partial charge in [-0.15, -0.1) is 0 Å². The van der Waals surface area contributed by atoms with E-state index in [0.29, 0.717) is 12.0 Å². The Hall–Kier alpha value is -0.830. The van der Waals surface area contributed by atoms with E-state index >= 15 is 0 Å². The SMILES string of the molecule is CCCC1CCC(CN)C(n2nc(CC)cc2CC)C1. The van der Waals surface area contributed by atoms with Gasteiger partial charge >= 0.3 is 0 Å². The fourth-order valence-electron chi connectivity index (χ4n) is 3.75. The Kier molecular flexibility index (Phi) is 5.64. The van der Waals surface area contributed by atoms with Crippen LogP contribution >= 0.6 is 0 Å². The Balaban J connectivity index is 2.23. The molecule has 0 aliphatic heterocycles. The van der Waals surface area contributed by atoms with Gasteiger partial charge in [0, 0.05) is 5.69 Å². The average molecular weight is 277 g/mol. The summed E-state index contributed by atoms with van der Waals surface area (Å²) < 4.78 is 2.33. The number of hydrogen-bond acceptors (Lipinski definition) is 2. The van der Waals surface area contributed by atoms with Crippen molar-refractivity contribution < 1.29 is 0 Å². The lowest BCUT2D eigenvalue weighted by Gasteiger charge is -2.36. The van der Waals surface area contributed by atoms with Crippen LogP contribution in [0.3, 0.4) is 0 Å². The summed E-state index contributed by atoms with van der Waals surface area (Å²) in [6, 6.07) is 2.82. The van der Waals surface area contributed by atoms with Crippen molar-refractivity contribution in [1.29, 1.82) is 0 Å². The standard InChI is InChI=1S/C17H31N3/c1-4-7-13-8-9-14(12-18)17(10-13)20-16(6-3)11-15(5-2)19-20/h11,13-14,17H,4-10,12,18H2,1-3H3. The summed E-state index contributed by atoms with van der Waals surface area (Å²) >= 11 is 0. The summed E-state index contributed by atoms with van der Waals surface area (Å²) in [7, 11) is 0. The highest BCUT2D eigenvalue weighted by Gasteiger charge is 2.32. The maximum Gasteiger partial charge on any atom is 0.0624 e. The van der Waals surface area contributed by atoms with E-state index in [9.17, 15) is 0 Å². The van der Waals surface area contributed by atoms with Crippen LogP contribution in [0.4, 0.5) is 0 Å². The van der Waals surface area contributed by atoms with E-state index in [1.54, 1.807) is 0 Å². The highest BCUT2D eigenvalue weighted by atomic mass is 15.3. The summed E-state index contributed by atoms with van der Waals surface area (Å²) in [5.74, 6) is 1.48. The number of hydrogen-bond donors (Lipinski definition) is 1. The fourth-order valence-corrected chi connectivity index (χ4v) is 3.75. The molecule has 3 heteroatoms. The van der Waals surface area contributed by atoms with Gasteiger partial charge in [-0.25, -0.2) is 0 Å². The molecular formula is C17H31N3. The van der Waals surface area contributed by atoms with E-state index in [1.165, 1.54) is 43.5 Å². The minimum atomic E-state index is 0.528. The Bertz CT molecular complexity index is 410. The molecule has 1 saturated carbocycles. The zero-order valence-corrected chi connectivity index (χ0v) is 13.4. The molecule has 1 aromatic heterocycles. The number of nitrogens with two attached hydrogens (primary N) is 1. The molecule has 2 rings (SSSR count). The van der Waals surface area contributed by atoms with Crippen molar-refractivity contribution in [3.63, 3.8) is 0 Å². The van der Waals surface area contributed by atoms with Gasteiger partial charge in [-0.1, -0.05) is 33.6 Å². The quantitative estimate of drug-likeness (QED) is 0.861. The number of aromatic nitrogens is 2. The Labute approximate surface area is 123 Å². The third-order valence-electron chi connectivity index (χ3n) is 4.97.